The zero-order valence-electron chi connectivity index (χ0n) is 22.5. The average molecular weight is 528 g/mol. The predicted molar refractivity (Wildman–Crippen MR) is 137 cm³/mol. The maximum absolute atomic E-state index is 14.0. The number of hydrogen-bond acceptors (Lipinski definition) is 9. The van der Waals surface area contributed by atoms with Gasteiger partial charge in [0.05, 0.1) is 24.2 Å². The first kappa shape index (κ1) is 28.0. The molecule has 2 unspecified atom stereocenters. The number of methoxy groups -OCH3 is 1. The molecule has 1 aliphatic heterocycles. The van der Waals surface area contributed by atoms with Crippen LogP contribution in [0.5, 0.6) is 0 Å². The highest BCUT2D eigenvalue weighted by Crippen LogP contribution is 2.63. The van der Waals surface area contributed by atoms with Crippen molar-refractivity contribution < 1.29 is 38.5 Å². The van der Waals surface area contributed by atoms with Crippen LogP contribution in [0.15, 0.2) is 48.2 Å². The number of aliphatic hydroxyl groups is 1. The molecule has 4 aliphatic rings. The van der Waals surface area contributed by atoms with Crippen molar-refractivity contribution in [2.75, 3.05) is 26.8 Å². The lowest BCUT2D eigenvalue weighted by Crippen LogP contribution is -2.63. The van der Waals surface area contributed by atoms with Crippen molar-refractivity contribution in [2.45, 2.75) is 58.3 Å². The fraction of sp³-hybridized carbons (Fsp3) is 0.586. The van der Waals surface area contributed by atoms with Gasteiger partial charge >= 0.3 is 11.9 Å². The standard InChI is InChI=1S/C29H37NO8/c1-7-11-30(12-8-2)14-17-23-26(34)25(33)22-18-9-10-20(32)28(18,4)13-19(37-16(3)31)24(22)29(23,5)21(15-36-6)38-27(17)35/h7-8,14,18-21,23,32H,1-2,9-13,15H2,3-6H3/b17-14+/t18-,19+,20?,21+,23?,28-,29-/m0/s1. The van der Waals surface area contributed by atoms with Crippen LogP contribution in [-0.2, 0) is 33.4 Å². The van der Waals surface area contributed by atoms with Crippen LogP contribution in [0.2, 0.25) is 0 Å². The molecule has 0 aromatic carbocycles. The summed E-state index contributed by atoms with van der Waals surface area (Å²) in [7, 11) is 1.47. The Labute approximate surface area is 223 Å². The molecule has 0 aromatic rings. The molecule has 4 rings (SSSR count). The van der Waals surface area contributed by atoms with Gasteiger partial charge in [-0.15, -0.1) is 13.2 Å². The van der Waals surface area contributed by atoms with Gasteiger partial charge in [0.15, 0.2) is 0 Å². The van der Waals surface area contributed by atoms with Crippen LogP contribution < -0.4 is 0 Å². The van der Waals surface area contributed by atoms with E-state index in [0.717, 1.165) is 0 Å². The maximum Gasteiger partial charge on any atom is 0.336 e. The Morgan fingerprint density at radius 3 is 2.42 bits per heavy atom. The van der Waals surface area contributed by atoms with Crippen LogP contribution in [0.1, 0.15) is 40.0 Å². The van der Waals surface area contributed by atoms with Crippen molar-refractivity contribution in [1.82, 2.24) is 4.90 Å². The van der Waals surface area contributed by atoms with E-state index in [0.29, 0.717) is 31.5 Å². The van der Waals surface area contributed by atoms with Gasteiger partial charge in [0.2, 0.25) is 11.6 Å². The van der Waals surface area contributed by atoms with Crippen LogP contribution >= 0.6 is 0 Å². The summed E-state index contributed by atoms with van der Waals surface area (Å²) in [6.07, 6.45) is 3.61. The van der Waals surface area contributed by atoms with Gasteiger partial charge in [-0.25, -0.2) is 4.79 Å². The SMILES string of the molecule is C=CCN(/C=C1/C(=O)O[C@H](COC)[C@]2(C)C3=C(C(=O)C(=O)C12)[C@@H]1CCC(O)[C@@]1(C)C[C@H]3OC(C)=O)CC=C. The van der Waals surface area contributed by atoms with Crippen molar-refractivity contribution >= 4 is 23.5 Å². The van der Waals surface area contributed by atoms with Gasteiger partial charge in [0.1, 0.15) is 12.2 Å². The zero-order valence-corrected chi connectivity index (χ0v) is 22.5. The van der Waals surface area contributed by atoms with E-state index in [1.807, 2.05) is 6.92 Å². The molecule has 2 fully saturated rings. The third-order valence-corrected chi connectivity index (χ3v) is 8.92. The van der Waals surface area contributed by atoms with Crippen molar-refractivity contribution in [3.8, 4) is 0 Å². The lowest BCUT2D eigenvalue weighted by atomic mass is 9.50. The molecule has 1 N–H and O–H groups in total. The highest BCUT2D eigenvalue weighted by molar-refractivity contribution is 6.47. The lowest BCUT2D eigenvalue weighted by Gasteiger charge is -2.56. The number of fused-ring (bicyclic) bond motifs is 4. The Bertz CT molecular complexity index is 1130. The zero-order chi connectivity index (χ0) is 28.0. The molecule has 9 heteroatoms. The minimum atomic E-state index is -1.22. The minimum absolute atomic E-state index is 0.0232. The highest BCUT2D eigenvalue weighted by Gasteiger charge is 2.67. The van der Waals surface area contributed by atoms with E-state index in [2.05, 4.69) is 13.2 Å². The number of Topliss-reactive ketones (excluding diaryl/α,β-unsaturated/α-hetero) is 2. The fourth-order valence-electron chi connectivity index (χ4n) is 7.20. The normalized spacial score (nSPS) is 37.2. The van der Waals surface area contributed by atoms with E-state index < -0.39 is 58.6 Å². The van der Waals surface area contributed by atoms with E-state index >= 15 is 0 Å². The molecular weight excluding hydrogens is 490 g/mol. The van der Waals surface area contributed by atoms with Gasteiger partial charge < -0.3 is 24.2 Å². The van der Waals surface area contributed by atoms with Gasteiger partial charge in [-0.1, -0.05) is 26.0 Å². The number of aliphatic hydroxyl groups excluding tert-OH is 1. The molecule has 0 bridgehead atoms. The summed E-state index contributed by atoms with van der Waals surface area (Å²) in [4.78, 5) is 55.4. The molecule has 0 amide bonds. The molecule has 38 heavy (non-hydrogen) atoms. The number of nitrogens with zero attached hydrogens (tertiary/aromatic N) is 1. The molecule has 206 valence electrons. The number of allylic oxidation sites excluding steroid dienone is 1. The number of rotatable bonds is 8. The van der Waals surface area contributed by atoms with E-state index in [1.165, 1.54) is 14.0 Å². The molecular formula is C29H37NO8. The molecule has 3 aliphatic carbocycles. The number of carbonyl (C=O) groups is 4. The first-order chi connectivity index (χ1) is 17.9. The highest BCUT2D eigenvalue weighted by atomic mass is 16.6. The molecule has 1 saturated heterocycles. The smallest absolute Gasteiger partial charge is 0.336 e. The summed E-state index contributed by atoms with van der Waals surface area (Å²) in [5.41, 5.74) is -1.13. The van der Waals surface area contributed by atoms with Crippen LogP contribution in [0.25, 0.3) is 0 Å². The largest absolute Gasteiger partial charge is 0.458 e. The number of ether oxygens (including phenoxy) is 3. The summed E-state index contributed by atoms with van der Waals surface area (Å²) in [5.74, 6) is -4.21. The monoisotopic (exact) mass is 527 g/mol. The van der Waals surface area contributed by atoms with Crippen molar-refractivity contribution in [3.63, 3.8) is 0 Å². The van der Waals surface area contributed by atoms with Crippen LogP contribution in [0.3, 0.4) is 0 Å². The molecule has 9 nitrogen and oxygen atoms in total. The van der Waals surface area contributed by atoms with E-state index in [9.17, 15) is 24.3 Å². The van der Waals surface area contributed by atoms with Crippen LogP contribution in [-0.4, -0.2) is 78.6 Å². The van der Waals surface area contributed by atoms with Gasteiger partial charge in [-0.2, -0.15) is 0 Å². The Morgan fingerprint density at radius 2 is 1.84 bits per heavy atom. The van der Waals surface area contributed by atoms with Gasteiger partial charge in [-0.3, -0.25) is 14.4 Å². The molecule has 1 heterocycles. The third-order valence-electron chi connectivity index (χ3n) is 8.92. The third kappa shape index (κ3) is 4.16. The van der Waals surface area contributed by atoms with E-state index in [4.69, 9.17) is 14.2 Å². The summed E-state index contributed by atoms with van der Waals surface area (Å²) >= 11 is 0. The van der Waals surface area contributed by atoms with Crippen molar-refractivity contribution in [1.29, 1.82) is 0 Å². The Hall–Kier alpha value is -3.04. The first-order valence-corrected chi connectivity index (χ1v) is 13.0. The fourth-order valence-corrected chi connectivity index (χ4v) is 7.20. The molecule has 0 aromatic heterocycles. The second-order valence-corrected chi connectivity index (χ2v) is 11.2. The summed E-state index contributed by atoms with van der Waals surface area (Å²) < 4.78 is 17.2. The predicted octanol–water partition coefficient (Wildman–Crippen LogP) is 2.30. The number of ketones is 2. The van der Waals surface area contributed by atoms with Gasteiger partial charge in [-0.05, 0) is 30.8 Å². The van der Waals surface area contributed by atoms with Gasteiger partial charge in [0.25, 0.3) is 0 Å². The van der Waals surface area contributed by atoms with Crippen LogP contribution in [0.4, 0.5) is 0 Å². The number of esters is 2. The maximum atomic E-state index is 14.0. The number of hydrogen-bond donors (Lipinski definition) is 1. The van der Waals surface area contributed by atoms with Crippen LogP contribution in [0, 0.1) is 22.7 Å². The minimum Gasteiger partial charge on any atom is -0.458 e. The Balaban J connectivity index is 2.00. The lowest BCUT2D eigenvalue weighted by molar-refractivity contribution is -0.175. The van der Waals surface area contributed by atoms with Crippen molar-refractivity contribution in [3.05, 3.63) is 48.2 Å². The van der Waals surface area contributed by atoms with E-state index in [-0.39, 0.29) is 30.1 Å². The second-order valence-electron chi connectivity index (χ2n) is 11.2. The topological polar surface area (TPSA) is 119 Å². The summed E-state index contributed by atoms with van der Waals surface area (Å²) in [6, 6.07) is 0. The molecule has 0 spiro atoms. The average Bonchev–Trinajstić information content (AvgIpc) is 3.13. The molecule has 1 saturated carbocycles. The first-order valence-electron chi connectivity index (χ1n) is 13.0. The summed E-state index contributed by atoms with van der Waals surface area (Å²) in [5, 5.41) is 10.9. The summed E-state index contributed by atoms with van der Waals surface area (Å²) in [6.45, 7) is 13.2. The second kappa shape index (κ2) is 10.3. The van der Waals surface area contributed by atoms with Gasteiger partial charge in [0, 0.05) is 49.7 Å². The molecule has 0 radical (unpaired) electrons. The number of cyclic esters (lactones) is 1. The number of carbonyl (C=O) groups excluding carboxylic acids is 4. The quantitative estimate of drug-likeness (QED) is 0.219. The molecule has 7 atom stereocenters. The Kier molecular flexibility index (Phi) is 7.56. The Morgan fingerprint density at radius 1 is 1.18 bits per heavy atom. The van der Waals surface area contributed by atoms with Crippen molar-refractivity contribution in [2.24, 2.45) is 22.7 Å². The van der Waals surface area contributed by atoms with E-state index in [1.54, 1.807) is 30.2 Å².